The molecule has 3 rings (SSSR count). The minimum atomic E-state index is -0.383. The van der Waals surface area contributed by atoms with Gasteiger partial charge in [-0.25, -0.2) is 4.79 Å². The molecule has 2 amide bonds. The van der Waals surface area contributed by atoms with E-state index < -0.39 is 0 Å². The number of carbonyl (C=O) groups is 3. The number of ether oxygens (including phenoxy) is 1. The van der Waals surface area contributed by atoms with Gasteiger partial charge < -0.3 is 15.0 Å². The van der Waals surface area contributed by atoms with Crippen molar-refractivity contribution in [2.45, 2.75) is 25.7 Å². The van der Waals surface area contributed by atoms with E-state index in [0.29, 0.717) is 53.0 Å². The Morgan fingerprint density at radius 1 is 1.06 bits per heavy atom. The fraction of sp³-hybridized carbons (Fsp3) is 0.333. The molecule has 0 atom stereocenters. The Morgan fingerprint density at radius 3 is 2.47 bits per heavy atom. The Morgan fingerprint density at radius 2 is 1.78 bits per heavy atom. The molecule has 0 radical (unpaired) electrons. The predicted molar refractivity (Wildman–Crippen MR) is 149 cm³/mol. The zero-order chi connectivity index (χ0) is 25.9. The number of hydrogen-bond acceptors (Lipinski definition) is 7. The summed E-state index contributed by atoms with van der Waals surface area (Å²) in [5, 5.41) is 2.85. The van der Waals surface area contributed by atoms with Gasteiger partial charge >= 0.3 is 5.97 Å². The molecule has 7 nitrogen and oxygen atoms in total. The van der Waals surface area contributed by atoms with Crippen LogP contribution in [0.3, 0.4) is 0 Å². The first-order chi connectivity index (χ1) is 17.3. The van der Waals surface area contributed by atoms with Crippen LogP contribution in [0.25, 0.3) is 6.08 Å². The van der Waals surface area contributed by atoms with Gasteiger partial charge in [-0.05, 0) is 62.8 Å². The van der Waals surface area contributed by atoms with E-state index in [0.717, 1.165) is 18.4 Å². The molecule has 1 fully saturated rings. The maximum atomic E-state index is 12.7. The number of rotatable bonds is 12. The molecule has 1 aliphatic heterocycles. The van der Waals surface area contributed by atoms with Crippen molar-refractivity contribution in [3.63, 3.8) is 0 Å². The molecule has 1 saturated heterocycles. The van der Waals surface area contributed by atoms with Gasteiger partial charge in [0.05, 0.1) is 10.5 Å². The van der Waals surface area contributed by atoms with Crippen LogP contribution < -0.4 is 5.32 Å². The normalized spacial score (nSPS) is 14.5. The first kappa shape index (κ1) is 27.6. The standard InChI is InChI=1S/C27H31N3O4S2/c1-29(2)17-18-34-26(33)21-12-14-22(15-13-21)28-24(31)11-7-4-8-16-30-25(32)23(36-27(30)35)19-20-9-5-3-6-10-20/h3,5-6,9-10,12-15,19H,4,7-8,11,16-18H2,1-2H3,(H,28,31). The lowest BCUT2D eigenvalue weighted by Crippen LogP contribution is -2.29. The second kappa shape index (κ2) is 13.9. The molecule has 190 valence electrons. The minimum Gasteiger partial charge on any atom is -0.461 e. The quantitative estimate of drug-likeness (QED) is 0.184. The highest BCUT2D eigenvalue weighted by molar-refractivity contribution is 8.26. The molecular formula is C27H31N3O4S2. The first-order valence-corrected chi connectivity index (χ1v) is 13.1. The second-order valence-electron chi connectivity index (χ2n) is 8.62. The molecule has 0 unspecified atom stereocenters. The number of nitrogens with zero attached hydrogens (tertiary/aromatic N) is 2. The van der Waals surface area contributed by atoms with Crippen molar-refractivity contribution in [3.05, 3.63) is 70.6 Å². The Kier molecular flexibility index (Phi) is 10.7. The van der Waals surface area contributed by atoms with Crippen LogP contribution in [0.15, 0.2) is 59.5 Å². The lowest BCUT2D eigenvalue weighted by molar-refractivity contribution is -0.122. The van der Waals surface area contributed by atoms with Crippen LogP contribution in [0, 0.1) is 0 Å². The summed E-state index contributed by atoms with van der Waals surface area (Å²) in [5.74, 6) is -0.531. The van der Waals surface area contributed by atoms with Gasteiger partial charge in [0, 0.05) is 25.2 Å². The van der Waals surface area contributed by atoms with Crippen molar-refractivity contribution in [3.8, 4) is 0 Å². The van der Waals surface area contributed by atoms with E-state index in [1.165, 1.54) is 11.8 Å². The third kappa shape index (κ3) is 8.58. The number of benzene rings is 2. The highest BCUT2D eigenvalue weighted by atomic mass is 32.2. The molecule has 0 spiro atoms. The second-order valence-corrected chi connectivity index (χ2v) is 10.3. The number of thiocarbonyl (C=S) groups is 1. The highest BCUT2D eigenvalue weighted by Crippen LogP contribution is 2.32. The van der Waals surface area contributed by atoms with Gasteiger partial charge in [0.1, 0.15) is 10.9 Å². The summed E-state index contributed by atoms with van der Waals surface area (Å²) in [6.07, 6.45) is 4.52. The zero-order valence-electron chi connectivity index (χ0n) is 20.6. The van der Waals surface area contributed by atoms with Crippen LogP contribution in [0.4, 0.5) is 5.69 Å². The van der Waals surface area contributed by atoms with Gasteiger partial charge in [-0.1, -0.05) is 60.7 Å². The molecule has 0 saturated carbocycles. The Hall–Kier alpha value is -3.01. The molecule has 0 bridgehead atoms. The van der Waals surface area contributed by atoms with Gasteiger partial charge in [-0.3, -0.25) is 14.5 Å². The Balaban J connectivity index is 1.35. The number of likely N-dealkylation sites (N-methyl/N-ethyl adjacent to an activating group) is 1. The molecule has 2 aromatic carbocycles. The number of amides is 2. The monoisotopic (exact) mass is 525 g/mol. The van der Waals surface area contributed by atoms with Crippen LogP contribution in [0.1, 0.15) is 41.6 Å². The van der Waals surface area contributed by atoms with Gasteiger partial charge in [-0.2, -0.15) is 0 Å². The molecule has 0 aromatic heterocycles. The summed E-state index contributed by atoms with van der Waals surface area (Å²) >= 11 is 6.72. The van der Waals surface area contributed by atoms with Gasteiger partial charge in [0.15, 0.2) is 0 Å². The fourth-order valence-corrected chi connectivity index (χ4v) is 4.75. The number of unbranched alkanes of at least 4 members (excludes halogenated alkanes) is 2. The average molecular weight is 526 g/mol. The highest BCUT2D eigenvalue weighted by Gasteiger charge is 2.31. The topological polar surface area (TPSA) is 79.0 Å². The van der Waals surface area contributed by atoms with Crippen molar-refractivity contribution in [1.29, 1.82) is 0 Å². The van der Waals surface area contributed by atoms with Crippen LogP contribution in [0.5, 0.6) is 0 Å². The Bertz CT molecular complexity index is 1100. The first-order valence-electron chi connectivity index (χ1n) is 11.9. The third-order valence-electron chi connectivity index (χ3n) is 5.43. The number of thioether (sulfide) groups is 1. The van der Waals surface area contributed by atoms with E-state index >= 15 is 0 Å². The van der Waals surface area contributed by atoms with E-state index in [1.54, 1.807) is 29.2 Å². The molecule has 9 heteroatoms. The number of carbonyl (C=O) groups excluding carboxylic acids is 3. The van der Waals surface area contributed by atoms with Crippen molar-refractivity contribution >= 4 is 57.8 Å². The van der Waals surface area contributed by atoms with E-state index in [9.17, 15) is 14.4 Å². The van der Waals surface area contributed by atoms with Crippen LogP contribution in [-0.4, -0.2) is 65.7 Å². The number of nitrogens with one attached hydrogen (secondary N) is 1. The zero-order valence-corrected chi connectivity index (χ0v) is 22.2. The fourth-order valence-electron chi connectivity index (χ4n) is 3.44. The minimum absolute atomic E-state index is 0.0587. The molecule has 36 heavy (non-hydrogen) atoms. The summed E-state index contributed by atoms with van der Waals surface area (Å²) in [5.41, 5.74) is 2.05. The maximum Gasteiger partial charge on any atom is 0.338 e. The molecule has 1 N–H and O–H groups in total. The summed E-state index contributed by atoms with van der Waals surface area (Å²) in [7, 11) is 3.82. The third-order valence-corrected chi connectivity index (χ3v) is 6.81. The summed E-state index contributed by atoms with van der Waals surface area (Å²) in [4.78, 5) is 41.2. The molecule has 2 aromatic rings. The molecule has 1 aliphatic rings. The van der Waals surface area contributed by atoms with Gasteiger partial charge in [0.25, 0.3) is 5.91 Å². The van der Waals surface area contributed by atoms with Gasteiger partial charge in [-0.15, -0.1) is 0 Å². The van der Waals surface area contributed by atoms with Crippen molar-refractivity contribution < 1.29 is 19.1 Å². The predicted octanol–water partition coefficient (Wildman–Crippen LogP) is 4.81. The molecule has 1 heterocycles. The van der Waals surface area contributed by atoms with Crippen LogP contribution in [-0.2, 0) is 14.3 Å². The molecular weight excluding hydrogens is 494 g/mol. The average Bonchev–Trinajstić information content (AvgIpc) is 3.11. The number of anilines is 1. The molecule has 0 aliphatic carbocycles. The van der Waals surface area contributed by atoms with Crippen molar-refractivity contribution in [2.75, 3.05) is 39.1 Å². The Labute approximate surface area is 221 Å². The maximum absolute atomic E-state index is 12.7. The van der Waals surface area contributed by atoms with Crippen LogP contribution in [0.2, 0.25) is 0 Å². The number of esters is 1. The van der Waals surface area contributed by atoms with Gasteiger partial charge in [0.2, 0.25) is 5.91 Å². The lowest BCUT2D eigenvalue weighted by atomic mass is 10.1. The summed E-state index contributed by atoms with van der Waals surface area (Å²) in [6, 6.07) is 16.4. The van der Waals surface area contributed by atoms with E-state index in [-0.39, 0.29) is 17.8 Å². The van der Waals surface area contributed by atoms with E-state index in [1.807, 2.05) is 55.4 Å². The van der Waals surface area contributed by atoms with Crippen molar-refractivity contribution in [1.82, 2.24) is 9.80 Å². The largest absolute Gasteiger partial charge is 0.461 e. The summed E-state index contributed by atoms with van der Waals surface area (Å²) in [6.45, 7) is 1.53. The van der Waals surface area contributed by atoms with Crippen LogP contribution >= 0.6 is 24.0 Å². The summed E-state index contributed by atoms with van der Waals surface area (Å²) < 4.78 is 5.79. The SMILES string of the molecule is CN(C)CCOC(=O)c1ccc(NC(=O)CCCCCN2C(=O)C(=Cc3ccccc3)SC2=S)cc1. The smallest absolute Gasteiger partial charge is 0.338 e. The lowest BCUT2D eigenvalue weighted by Gasteiger charge is -2.14. The van der Waals surface area contributed by atoms with Crippen molar-refractivity contribution in [2.24, 2.45) is 0 Å². The van der Waals surface area contributed by atoms with E-state index in [4.69, 9.17) is 17.0 Å². The number of hydrogen-bond donors (Lipinski definition) is 1. The van der Waals surface area contributed by atoms with E-state index in [2.05, 4.69) is 5.32 Å².